The average Bonchev–Trinajstić information content (AvgIpc) is 2.46. The van der Waals surface area contributed by atoms with E-state index in [4.69, 9.17) is 5.11 Å². The summed E-state index contributed by atoms with van der Waals surface area (Å²) < 4.78 is 0. The molecule has 0 heterocycles. The number of carbonyl (C=O) groups excluding carboxylic acids is 1. The molecule has 3 heteroatoms. The fraction of sp³-hybridized carbons (Fsp3) is 0.857. The van der Waals surface area contributed by atoms with Gasteiger partial charge in [0.2, 0.25) is 5.91 Å². The second kappa shape index (κ2) is 3.01. The molecule has 0 aromatic rings. The first-order valence-electron chi connectivity index (χ1n) is 3.66. The molecule has 10 heavy (non-hydrogen) atoms. The molecule has 1 rings (SSSR count). The lowest BCUT2D eigenvalue weighted by molar-refractivity contribution is -0.122. The minimum Gasteiger partial charge on any atom is -0.393 e. The minimum absolute atomic E-state index is 0.0301. The van der Waals surface area contributed by atoms with Gasteiger partial charge in [0.05, 0.1) is 12.5 Å². The Labute approximate surface area is 60.4 Å². The zero-order chi connectivity index (χ0) is 7.56. The van der Waals surface area contributed by atoms with Crippen LogP contribution in [0.1, 0.15) is 26.2 Å². The van der Waals surface area contributed by atoms with Gasteiger partial charge in [0.15, 0.2) is 0 Å². The van der Waals surface area contributed by atoms with Crippen molar-refractivity contribution in [3.05, 3.63) is 0 Å². The summed E-state index contributed by atoms with van der Waals surface area (Å²) in [4.78, 5) is 10.8. The van der Waals surface area contributed by atoms with Gasteiger partial charge in [0.1, 0.15) is 0 Å². The summed E-state index contributed by atoms with van der Waals surface area (Å²) in [5.41, 5.74) is 0. The maximum Gasteiger partial charge on any atom is 0.222 e. The highest BCUT2D eigenvalue weighted by Gasteiger charge is 2.23. The van der Waals surface area contributed by atoms with Crippen molar-refractivity contribution in [3.63, 3.8) is 0 Å². The first-order valence-corrected chi connectivity index (χ1v) is 3.66. The molecule has 0 aromatic carbocycles. The van der Waals surface area contributed by atoms with Crippen LogP contribution < -0.4 is 5.32 Å². The normalized spacial score (nSPS) is 20.2. The number of amides is 1. The molecule has 0 bridgehead atoms. The van der Waals surface area contributed by atoms with Crippen molar-refractivity contribution >= 4 is 5.91 Å². The largest absolute Gasteiger partial charge is 0.393 e. The number of carbonyl (C=O) groups is 1. The SMILES string of the molecule is C[C@H](O)CC(=O)NC1CC1. The number of aliphatic hydroxyl groups is 1. The van der Waals surface area contributed by atoms with Gasteiger partial charge in [-0.05, 0) is 19.8 Å². The zero-order valence-electron chi connectivity index (χ0n) is 6.13. The fourth-order valence-electron chi connectivity index (χ4n) is 0.783. The lowest BCUT2D eigenvalue weighted by Crippen LogP contribution is -2.28. The van der Waals surface area contributed by atoms with Crippen LogP contribution in [-0.4, -0.2) is 23.2 Å². The highest BCUT2D eigenvalue weighted by Crippen LogP contribution is 2.18. The van der Waals surface area contributed by atoms with Crippen molar-refractivity contribution in [2.75, 3.05) is 0 Å². The van der Waals surface area contributed by atoms with Gasteiger partial charge in [-0.25, -0.2) is 0 Å². The predicted octanol–water partition coefficient (Wildman–Crippen LogP) is 0.0359. The van der Waals surface area contributed by atoms with Crippen LogP contribution in [0.3, 0.4) is 0 Å². The molecule has 1 aliphatic rings. The highest BCUT2D eigenvalue weighted by molar-refractivity contribution is 5.76. The van der Waals surface area contributed by atoms with Gasteiger partial charge in [0.25, 0.3) is 0 Å². The molecule has 3 nitrogen and oxygen atoms in total. The molecule has 0 spiro atoms. The molecule has 58 valence electrons. The molecule has 1 saturated carbocycles. The molecule has 1 amide bonds. The molecule has 1 aliphatic carbocycles. The molecular weight excluding hydrogens is 130 g/mol. The number of hydrogen-bond acceptors (Lipinski definition) is 2. The van der Waals surface area contributed by atoms with Crippen molar-refractivity contribution in [2.45, 2.75) is 38.3 Å². The molecule has 0 aromatic heterocycles. The lowest BCUT2D eigenvalue weighted by atomic mass is 10.3. The van der Waals surface area contributed by atoms with Gasteiger partial charge >= 0.3 is 0 Å². The summed E-state index contributed by atoms with van der Waals surface area (Å²) in [6, 6.07) is 0.409. The molecule has 0 radical (unpaired) electrons. The van der Waals surface area contributed by atoms with Crippen molar-refractivity contribution < 1.29 is 9.90 Å². The zero-order valence-corrected chi connectivity index (χ0v) is 6.13. The Morgan fingerprint density at radius 3 is 2.80 bits per heavy atom. The Bertz CT molecular complexity index is 124. The smallest absolute Gasteiger partial charge is 0.222 e. The average molecular weight is 143 g/mol. The Balaban J connectivity index is 2.08. The quantitative estimate of drug-likeness (QED) is 0.586. The topological polar surface area (TPSA) is 49.3 Å². The van der Waals surface area contributed by atoms with E-state index < -0.39 is 6.10 Å². The molecule has 0 saturated heterocycles. The maximum absolute atomic E-state index is 10.8. The highest BCUT2D eigenvalue weighted by atomic mass is 16.3. The first-order chi connectivity index (χ1) is 4.68. The van der Waals surface area contributed by atoms with E-state index in [1.807, 2.05) is 0 Å². The Morgan fingerprint density at radius 2 is 2.40 bits per heavy atom. The molecule has 1 fully saturated rings. The molecule has 1 atom stereocenters. The molecule has 0 aliphatic heterocycles. The second-order valence-electron chi connectivity index (χ2n) is 2.89. The number of hydrogen-bond donors (Lipinski definition) is 2. The Morgan fingerprint density at radius 1 is 1.80 bits per heavy atom. The van der Waals surface area contributed by atoms with E-state index in [1.165, 1.54) is 0 Å². The first kappa shape index (κ1) is 7.54. The van der Waals surface area contributed by atoms with E-state index in [0.717, 1.165) is 12.8 Å². The minimum atomic E-state index is -0.515. The molecule has 0 unspecified atom stereocenters. The van der Waals surface area contributed by atoms with Crippen molar-refractivity contribution in [3.8, 4) is 0 Å². The summed E-state index contributed by atoms with van der Waals surface area (Å²) in [7, 11) is 0. The van der Waals surface area contributed by atoms with Gasteiger partial charge in [-0.3, -0.25) is 4.79 Å². The monoisotopic (exact) mass is 143 g/mol. The third-order valence-corrected chi connectivity index (χ3v) is 1.42. The van der Waals surface area contributed by atoms with E-state index in [2.05, 4.69) is 5.32 Å². The van der Waals surface area contributed by atoms with Crippen LogP contribution >= 0.6 is 0 Å². The van der Waals surface area contributed by atoms with Crippen LogP contribution in [0.2, 0.25) is 0 Å². The van der Waals surface area contributed by atoms with Crippen LogP contribution in [0.5, 0.6) is 0 Å². The van der Waals surface area contributed by atoms with E-state index in [1.54, 1.807) is 6.92 Å². The number of rotatable bonds is 3. The lowest BCUT2D eigenvalue weighted by Gasteiger charge is -2.03. The van der Waals surface area contributed by atoms with Gasteiger partial charge in [-0.1, -0.05) is 0 Å². The molecular formula is C7H13NO2. The summed E-state index contributed by atoms with van der Waals surface area (Å²) >= 11 is 0. The maximum atomic E-state index is 10.8. The van der Waals surface area contributed by atoms with Crippen molar-refractivity contribution in [1.29, 1.82) is 0 Å². The standard InChI is InChI=1S/C7H13NO2/c1-5(9)4-7(10)8-6-2-3-6/h5-6,9H,2-4H2,1H3,(H,8,10)/t5-/m0/s1. The summed E-state index contributed by atoms with van der Waals surface area (Å²) in [5, 5.41) is 11.6. The second-order valence-corrected chi connectivity index (χ2v) is 2.89. The number of aliphatic hydroxyl groups excluding tert-OH is 1. The summed E-state index contributed by atoms with van der Waals surface area (Å²) in [6.45, 7) is 1.62. The van der Waals surface area contributed by atoms with Gasteiger partial charge in [-0.15, -0.1) is 0 Å². The predicted molar refractivity (Wildman–Crippen MR) is 37.5 cm³/mol. The van der Waals surface area contributed by atoms with Crippen LogP contribution in [-0.2, 0) is 4.79 Å². The van der Waals surface area contributed by atoms with Crippen molar-refractivity contribution in [2.24, 2.45) is 0 Å². The van der Waals surface area contributed by atoms with E-state index in [9.17, 15) is 4.79 Å². The fourth-order valence-corrected chi connectivity index (χ4v) is 0.783. The van der Waals surface area contributed by atoms with Crippen LogP contribution in [0.4, 0.5) is 0 Å². The third kappa shape index (κ3) is 2.82. The van der Waals surface area contributed by atoms with Crippen LogP contribution in [0, 0.1) is 0 Å². The Hall–Kier alpha value is -0.570. The van der Waals surface area contributed by atoms with E-state index >= 15 is 0 Å². The van der Waals surface area contributed by atoms with Gasteiger partial charge < -0.3 is 10.4 Å². The number of nitrogens with one attached hydrogen (secondary N) is 1. The Kier molecular flexibility index (Phi) is 2.27. The van der Waals surface area contributed by atoms with Crippen molar-refractivity contribution in [1.82, 2.24) is 5.32 Å². The summed E-state index contributed by atoms with van der Waals surface area (Å²) in [6.07, 6.45) is 1.92. The summed E-state index contributed by atoms with van der Waals surface area (Å²) in [5.74, 6) is -0.0301. The van der Waals surface area contributed by atoms with E-state index in [-0.39, 0.29) is 12.3 Å². The van der Waals surface area contributed by atoms with Gasteiger partial charge in [-0.2, -0.15) is 0 Å². The van der Waals surface area contributed by atoms with E-state index in [0.29, 0.717) is 6.04 Å². The van der Waals surface area contributed by atoms with Crippen LogP contribution in [0.25, 0.3) is 0 Å². The van der Waals surface area contributed by atoms with Crippen LogP contribution in [0.15, 0.2) is 0 Å². The van der Waals surface area contributed by atoms with Gasteiger partial charge in [0, 0.05) is 6.04 Å². The third-order valence-electron chi connectivity index (χ3n) is 1.42. The molecule has 2 N–H and O–H groups in total.